The fraction of sp³-hybridized carbons (Fsp3) is 0.500. The zero-order valence-corrected chi connectivity index (χ0v) is 13.8. The first-order valence-corrected chi connectivity index (χ1v) is 9.02. The van der Waals surface area contributed by atoms with Crippen LogP contribution in [0.25, 0.3) is 0 Å². The van der Waals surface area contributed by atoms with Crippen LogP contribution in [-0.2, 0) is 4.79 Å². The highest BCUT2D eigenvalue weighted by Gasteiger charge is 2.37. The average molecular weight is 339 g/mol. The molecule has 0 spiro atoms. The van der Waals surface area contributed by atoms with E-state index in [4.69, 9.17) is 11.6 Å². The number of benzene rings is 1. The van der Waals surface area contributed by atoms with Crippen LogP contribution in [0, 0.1) is 11.8 Å². The van der Waals surface area contributed by atoms with Crippen LogP contribution < -0.4 is 5.32 Å². The van der Waals surface area contributed by atoms with E-state index in [1.807, 2.05) is 4.90 Å². The Labute approximate surface area is 139 Å². The van der Waals surface area contributed by atoms with Gasteiger partial charge in [0.25, 0.3) is 0 Å². The van der Waals surface area contributed by atoms with E-state index in [-0.39, 0.29) is 11.7 Å². The Morgan fingerprint density at radius 2 is 1.77 bits per heavy atom. The maximum absolute atomic E-state index is 12.2. The molecule has 2 aliphatic heterocycles. The molecule has 2 heterocycles. The summed E-state index contributed by atoms with van der Waals surface area (Å²) in [6.45, 7) is 3.78. The minimum absolute atomic E-state index is 0.0389. The van der Waals surface area contributed by atoms with Gasteiger partial charge in [-0.15, -0.1) is 11.8 Å². The summed E-state index contributed by atoms with van der Waals surface area (Å²) < 4.78 is 0. The first-order valence-electron chi connectivity index (χ1n) is 7.48. The fourth-order valence-electron chi connectivity index (χ4n) is 3.10. The van der Waals surface area contributed by atoms with Crippen molar-refractivity contribution in [3.05, 3.63) is 34.9 Å². The summed E-state index contributed by atoms with van der Waals surface area (Å²) in [5.74, 6) is 2.14. The molecule has 3 rings (SSSR count). The van der Waals surface area contributed by atoms with Crippen molar-refractivity contribution in [1.82, 2.24) is 10.2 Å². The van der Waals surface area contributed by atoms with Crippen molar-refractivity contribution >= 4 is 35.1 Å². The SMILES string of the molecule is O=C(CSCC(=O)N1C[C@H]2CNC[C@H]2C1)c1ccc(Cl)cc1. The van der Waals surface area contributed by atoms with Gasteiger partial charge in [0.15, 0.2) is 5.78 Å². The van der Waals surface area contributed by atoms with Crippen LogP contribution in [0.15, 0.2) is 24.3 Å². The molecule has 0 saturated carbocycles. The number of carbonyl (C=O) groups excluding carboxylic acids is 2. The van der Waals surface area contributed by atoms with E-state index in [0.717, 1.165) is 26.2 Å². The number of nitrogens with one attached hydrogen (secondary N) is 1. The van der Waals surface area contributed by atoms with Crippen LogP contribution in [0.5, 0.6) is 0 Å². The number of Topliss-reactive ketones (excluding diaryl/α,β-unsaturated/α-hetero) is 1. The molecule has 1 amide bonds. The average Bonchev–Trinajstić information content (AvgIpc) is 3.09. The van der Waals surface area contributed by atoms with Crippen molar-refractivity contribution in [2.24, 2.45) is 11.8 Å². The number of halogens is 1. The Bertz CT molecular complexity index is 552. The van der Waals surface area contributed by atoms with Gasteiger partial charge in [-0.2, -0.15) is 0 Å². The van der Waals surface area contributed by atoms with Crippen LogP contribution in [0.3, 0.4) is 0 Å². The van der Waals surface area contributed by atoms with Crippen LogP contribution in [0.1, 0.15) is 10.4 Å². The van der Waals surface area contributed by atoms with Crippen LogP contribution in [0.2, 0.25) is 5.02 Å². The second kappa shape index (κ2) is 7.02. The molecule has 2 fully saturated rings. The van der Waals surface area contributed by atoms with E-state index >= 15 is 0 Å². The van der Waals surface area contributed by atoms with Gasteiger partial charge in [-0.25, -0.2) is 0 Å². The van der Waals surface area contributed by atoms with Crippen molar-refractivity contribution < 1.29 is 9.59 Å². The molecule has 118 valence electrons. The Kier molecular flexibility index (Phi) is 5.06. The normalized spacial score (nSPS) is 23.6. The monoisotopic (exact) mass is 338 g/mol. The molecule has 2 atom stereocenters. The second-order valence-corrected chi connectivity index (χ2v) is 7.32. The van der Waals surface area contributed by atoms with E-state index in [9.17, 15) is 9.59 Å². The number of likely N-dealkylation sites (tertiary alicyclic amines) is 1. The Balaban J connectivity index is 1.42. The lowest BCUT2D eigenvalue weighted by Gasteiger charge is -2.17. The van der Waals surface area contributed by atoms with Gasteiger partial charge in [-0.3, -0.25) is 9.59 Å². The topological polar surface area (TPSA) is 49.4 Å². The number of fused-ring (bicyclic) bond motifs is 1. The van der Waals surface area contributed by atoms with Gasteiger partial charge in [0.05, 0.1) is 11.5 Å². The molecule has 6 heteroatoms. The van der Waals surface area contributed by atoms with Gasteiger partial charge in [0.1, 0.15) is 0 Å². The predicted molar refractivity (Wildman–Crippen MR) is 89.5 cm³/mol. The van der Waals surface area contributed by atoms with Gasteiger partial charge in [0.2, 0.25) is 5.91 Å². The molecular weight excluding hydrogens is 320 g/mol. The lowest BCUT2D eigenvalue weighted by Crippen LogP contribution is -2.33. The summed E-state index contributed by atoms with van der Waals surface area (Å²) >= 11 is 7.20. The molecule has 22 heavy (non-hydrogen) atoms. The van der Waals surface area contributed by atoms with Crippen LogP contribution in [-0.4, -0.2) is 54.3 Å². The number of ketones is 1. The third-order valence-corrected chi connectivity index (χ3v) is 5.54. The van der Waals surface area contributed by atoms with Crippen LogP contribution >= 0.6 is 23.4 Å². The molecular formula is C16H19ClN2O2S. The Hall–Kier alpha value is -1.04. The highest BCUT2D eigenvalue weighted by atomic mass is 35.5. The zero-order valence-electron chi connectivity index (χ0n) is 12.3. The fourth-order valence-corrected chi connectivity index (χ4v) is 4.04. The first kappa shape index (κ1) is 15.8. The minimum atomic E-state index is 0.0389. The summed E-state index contributed by atoms with van der Waals surface area (Å²) in [4.78, 5) is 26.2. The van der Waals surface area contributed by atoms with Gasteiger partial charge >= 0.3 is 0 Å². The molecule has 2 aliphatic rings. The highest BCUT2D eigenvalue weighted by molar-refractivity contribution is 8.00. The van der Waals surface area contributed by atoms with E-state index in [2.05, 4.69) is 5.32 Å². The molecule has 1 aromatic rings. The van der Waals surface area contributed by atoms with Gasteiger partial charge in [0, 0.05) is 36.8 Å². The Morgan fingerprint density at radius 1 is 1.14 bits per heavy atom. The number of hydrogen-bond acceptors (Lipinski definition) is 4. The third kappa shape index (κ3) is 3.65. The lowest BCUT2D eigenvalue weighted by atomic mass is 10.0. The number of nitrogens with zero attached hydrogens (tertiary/aromatic N) is 1. The van der Waals surface area contributed by atoms with Gasteiger partial charge in [-0.1, -0.05) is 11.6 Å². The molecule has 0 radical (unpaired) electrons. The molecule has 0 bridgehead atoms. The number of hydrogen-bond donors (Lipinski definition) is 1. The molecule has 1 aromatic carbocycles. The summed E-state index contributed by atoms with van der Waals surface area (Å²) in [6, 6.07) is 6.87. The van der Waals surface area contributed by atoms with E-state index in [1.54, 1.807) is 24.3 Å². The number of carbonyl (C=O) groups is 2. The van der Waals surface area contributed by atoms with E-state index in [0.29, 0.717) is 33.9 Å². The first-order chi connectivity index (χ1) is 10.6. The Morgan fingerprint density at radius 3 is 2.41 bits per heavy atom. The largest absolute Gasteiger partial charge is 0.341 e. The number of rotatable bonds is 5. The molecule has 2 saturated heterocycles. The smallest absolute Gasteiger partial charge is 0.232 e. The van der Waals surface area contributed by atoms with Gasteiger partial charge < -0.3 is 10.2 Å². The summed E-state index contributed by atoms with van der Waals surface area (Å²) in [7, 11) is 0. The maximum Gasteiger partial charge on any atom is 0.232 e. The van der Waals surface area contributed by atoms with Gasteiger partial charge in [-0.05, 0) is 36.1 Å². The second-order valence-electron chi connectivity index (χ2n) is 5.90. The van der Waals surface area contributed by atoms with Crippen molar-refractivity contribution in [1.29, 1.82) is 0 Å². The summed E-state index contributed by atoms with van der Waals surface area (Å²) in [5, 5.41) is 3.99. The maximum atomic E-state index is 12.2. The lowest BCUT2D eigenvalue weighted by molar-refractivity contribution is -0.127. The third-order valence-electron chi connectivity index (χ3n) is 4.37. The molecule has 0 aliphatic carbocycles. The zero-order chi connectivity index (χ0) is 15.5. The predicted octanol–water partition coefficient (Wildman–Crippen LogP) is 1.93. The number of thioether (sulfide) groups is 1. The van der Waals surface area contributed by atoms with Crippen molar-refractivity contribution in [3.63, 3.8) is 0 Å². The molecule has 0 unspecified atom stereocenters. The van der Waals surface area contributed by atoms with Crippen molar-refractivity contribution in [2.45, 2.75) is 0 Å². The summed E-state index contributed by atoms with van der Waals surface area (Å²) in [5.41, 5.74) is 0.645. The molecule has 0 aromatic heterocycles. The summed E-state index contributed by atoms with van der Waals surface area (Å²) in [6.07, 6.45) is 0. The van der Waals surface area contributed by atoms with E-state index < -0.39 is 0 Å². The van der Waals surface area contributed by atoms with Crippen molar-refractivity contribution in [2.75, 3.05) is 37.7 Å². The number of amides is 1. The van der Waals surface area contributed by atoms with Crippen LogP contribution in [0.4, 0.5) is 0 Å². The van der Waals surface area contributed by atoms with E-state index in [1.165, 1.54) is 11.8 Å². The molecule has 1 N–H and O–H groups in total. The quantitative estimate of drug-likeness (QED) is 0.834. The minimum Gasteiger partial charge on any atom is -0.341 e. The van der Waals surface area contributed by atoms with Crippen molar-refractivity contribution in [3.8, 4) is 0 Å². The standard InChI is InChI=1S/C16H19ClN2O2S/c17-14-3-1-11(2-4-14)15(20)9-22-10-16(21)19-7-12-5-18-6-13(12)8-19/h1-4,12-13,18H,5-10H2/t12-,13+. The molecule has 4 nitrogen and oxygen atoms in total. The highest BCUT2D eigenvalue weighted by Crippen LogP contribution is 2.26.